The molecule has 0 bridgehead atoms. The molecule has 3 N–H and O–H groups in total. The van der Waals surface area contributed by atoms with Crippen LogP contribution in [-0.2, 0) is 0 Å². The summed E-state index contributed by atoms with van der Waals surface area (Å²) in [7, 11) is 0. The maximum absolute atomic E-state index is 5.92. The fourth-order valence-corrected chi connectivity index (χ4v) is 3.35. The molecule has 20 heavy (non-hydrogen) atoms. The van der Waals surface area contributed by atoms with E-state index < -0.39 is 0 Å². The van der Waals surface area contributed by atoms with Gasteiger partial charge < -0.3 is 0 Å². The number of nitrogens with one attached hydrogen (secondary N) is 1. The minimum Gasteiger partial charge on any atom is -0.296 e. The van der Waals surface area contributed by atoms with Gasteiger partial charge in [0.05, 0.1) is 6.04 Å². The predicted molar refractivity (Wildman–Crippen MR) is 85.3 cm³/mol. The molecule has 1 aromatic rings. The standard InChI is InChI=1S/C16H30N4/c1-6-16(7-2,20(8-3)9-4)15(19-17)14-11-10-13(5)18-12-14/h10-12,15,19H,6-9,17H2,1-5H3. The predicted octanol–water partition coefficient (Wildman–Crippen LogP) is 2.80. The van der Waals surface area contributed by atoms with Gasteiger partial charge in [0.25, 0.3) is 0 Å². The topological polar surface area (TPSA) is 54.2 Å². The number of hydrogen-bond acceptors (Lipinski definition) is 4. The molecule has 0 saturated heterocycles. The largest absolute Gasteiger partial charge is 0.296 e. The van der Waals surface area contributed by atoms with Crippen LogP contribution in [0.15, 0.2) is 18.3 Å². The Balaban J connectivity index is 3.24. The Morgan fingerprint density at radius 2 is 1.80 bits per heavy atom. The molecule has 114 valence electrons. The molecule has 0 aliphatic rings. The molecule has 1 heterocycles. The van der Waals surface area contributed by atoms with Gasteiger partial charge in [-0.25, -0.2) is 0 Å². The smallest absolute Gasteiger partial charge is 0.0658 e. The van der Waals surface area contributed by atoms with Gasteiger partial charge in [0.1, 0.15) is 0 Å². The van der Waals surface area contributed by atoms with E-state index in [1.54, 1.807) is 0 Å². The third-order valence-corrected chi connectivity index (χ3v) is 4.59. The number of aromatic nitrogens is 1. The Labute approximate surface area is 123 Å². The average Bonchev–Trinajstić information content (AvgIpc) is 2.49. The second-order valence-corrected chi connectivity index (χ2v) is 5.32. The van der Waals surface area contributed by atoms with Gasteiger partial charge >= 0.3 is 0 Å². The summed E-state index contributed by atoms with van der Waals surface area (Å²) in [5, 5.41) is 0. The van der Waals surface area contributed by atoms with Crippen molar-refractivity contribution in [3.05, 3.63) is 29.6 Å². The lowest BCUT2D eigenvalue weighted by atomic mass is 9.79. The van der Waals surface area contributed by atoms with E-state index in [2.05, 4.69) is 55.1 Å². The first-order chi connectivity index (χ1) is 9.59. The van der Waals surface area contributed by atoms with Crippen LogP contribution in [0.25, 0.3) is 0 Å². The summed E-state index contributed by atoms with van der Waals surface area (Å²) in [4.78, 5) is 6.94. The van der Waals surface area contributed by atoms with E-state index in [1.165, 1.54) is 0 Å². The van der Waals surface area contributed by atoms with Crippen molar-refractivity contribution in [2.75, 3.05) is 13.1 Å². The number of pyridine rings is 1. The van der Waals surface area contributed by atoms with E-state index in [4.69, 9.17) is 5.84 Å². The number of nitrogens with zero attached hydrogens (tertiary/aromatic N) is 2. The van der Waals surface area contributed by atoms with Crippen LogP contribution in [-0.4, -0.2) is 28.5 Å². The minimum absolute atomic E-state index is 0.0230. The number of rotatable bonds is 8. The van der Waals surface area contributed by atoms with Crippen molar-refractivity contribution in [2.45, 2.75) is 59.0 Å². The molecule has 1 unspecified atom stereocenters. The zero-order valence-corrected chi connectivity index (χ0v) is 13.6. The van der Waals surface area contributed by atoms with Crippen molar-refractivity contribution in [3.63, 3.8) is 0 Å². The minimum atomic E-state index is 0.0230. The van der Waals surface area contributed by atoms with Gasteiger partial charge in [-0.15, -0.1) is 0 Å². The molecular weight excluding hydrogens is 248 g/mol. The molecule has 0 fully saturated rings. The molecule has 0 spiro atoms. The Hall–Kier alpha value is -0.970. The Bertz CT molecular complexity index is 380. The first kappa shape index (κ1) is 17.1. The molecule has 0 amide bonds. The monoisotopic (exact) mass is 278 g/mol. The number of likely N-dealkylation sites (N-methyl/N-ethyl adjacent to an activating group) is 1. The van der Waals surface area contributed by atoms with Gasteiger partial charge in [-0.2, -0.15) is 0 Å². The van der Waals surface area contributed by atoms with Gasteiger partial charge in [0, 0.05) is 17.4 Å². The van der Waals surface area contributed by atoms with E-state index in [-0.39, 0.29) is 11.6 Å². The summed E-state index contributed by atoms with van der Waals surface area (Å²) < 4.78 is 0. The second kappa shape index (κ2) is 7.72. The van der Waals surface area contributed by atoms with E-state index in [1.807, 2.05) is 13.1 Å². The van der Waals surface area contributed by atoms with Crippen LogP contribution in [0.2, 0.25) is 0 Å². The maximum Gasteiger partial charge on any atom is 0.0658 e. The summed E-state index contributed by atoms with van der Waals surface area (Å²) in [5.74, 6) is 5.92. The lowest BCUT2D eigenvalue weighted by Crippen LogP contribution is -2.57. The molecule has 0 aromatic carbocycles. The van der Waals surface area contributed by atoms with Crippen molar-refractivity contribution in [2.24, 2.45) is 5.84 Å². The summed E-state index contributed by atoms with van der Waals surface area (Å²) in [6, 6.07) is 4.28. The van der Waals surface area contributed by atoms with Gasteiger partial charge in [-0.3, -0.25) is 21.2 Å². The van der Waals surface area contributed by atoms with Crippen molar-refractivity contribution < 1.29 is 0 Å². The van der Waals surface area contributed by atoms with E-state index >= 15 is 0 Å². The van der Waals surface area contributed by atoms with Crippen LogP contribution in [0, 0.1) is 6.92 Å². The molecule has 0 radical (unpaired) electrons. The molecule has 1 atom stereocenters. The molecule has 1 aromatic heterocycles. The highest BCUT2D eigenvalue weighted by Gasteiger charge is 2.40. The quantitative estimate of drug-likeness (QED) is 0.567. The summed E-state index contributed by atoms with van der Waals surface area (Å²) >= 11 is 0. The van der Waals surface area contributed by atoms with Crippen molar-refractivity contribution in [1.29, 1.82) is 0 Å². The van der Waals surface area contributed by atoms with Crippen molar-refractivity contribution in [3.8, 4) is 0 Å². The zero-order chi connectivity index (χ0) is 15.2. The molecule has 4 heteroatoms. The molecular formula is C16H30N4. The number of hydrazine groups is 1. The highest BCUT2D eigenvalue weighted by atomic mass is 15.3. The highest BCUT2D eigenvalue weighted by Crippen LogP contribution is 2.36. The average molecular weight is 278 g/mol. The SMILES string of the molecule is CCN(CC)C(CC)(CC)C(NN)c1ccc(C)nc1. The number of aryl methyl sites for hydroxylation is 1. The van der Waals surface area contributed by atoms with E-state index in [0.717, 1.165) is 37.2 Å². The highest BCUT2D eigenvalue weighted by molar-refractivity contribution is 5.22. The van der Waals surface area contributed by atoms with Crippen LogP contribution in [0.3, 0.4) is 0 Å². The van der Waals surface area contributed by atoms with Crippen molar-refractivity contribution >= 4 is 0 Å². The molecule has 0 aliphatic carbocycles. The first-order valence-electron chi connectivity index (χ1n) is 7.73. The molecule has 1 rings (SSSR count). The van der Waals surface area contributed by atoms with Crippen LogP contribution in [0.1, 0.15) is 57.8 Å². The lowest BCUT2D eigenvalue weighted by molar-refractivity contribution is 0.0486. The fourth-order valence-electron chi connectivity index (χ4n) is 3.35. The molecule has 0 aliphatic heterocycles. The van der Waals surface area contributed by atoms with Crippen LogP contribution in [0.5, 0.6) is 0 Å². The Kier molecular flexibility index (Phi) is 6.59. The van der Waals surface area contributed by atoms with Gasteiger partial charge in [0.15, 0.2) is 0 Å². The lowest BCUT2D eigenvalue weighted by Gasteiger charge is -2.47. The zero-order valence-electron chi connectivity index (χ0n) is 13.6. The number of nitrogens with two attached hydrogens (primary N) is 1. The van der Waals surface area contributed by atoms with Gasteiger partial charge in [-0.05, 0) is 44.5 Å². The Morgan fingerprint density at radius 3 is 2.15 bits per heavy atom. The second-order valence-electron chi connectivity index (χ2n) is 5.32. The summed E-state index contributed by atoms with van der Waals surface area (Å²) in [6.07, 6.45) is 4.05. The van der Waals surface area contributed by atoms with Crippen LogP contribution < -0.4 is 11.3 Å². The van der Waals surface area contributed by atoms with E-state index in [0.29, 0.717) is 0 Å². The number of hydrogen-bond donors (Lipinski definition) is 2. The Morgan fingerprint density at radius 1 is 1.20 bits per heavy atom. The third-order valence-electron chi connectivity index (χ3n) is 4.59. The van der Waals surface area contributed by atoms with Crippen LogP contribution >= 0.6 is 0 Å². The summed E-state index contributed by atoms with van der Waals surface area (Å²) in [6.45, 7) is 13.0. The fraction of sp³-hybridized carbons (Fsp3) is 0.688. The van der Waals surface area contributed by atoms with Gasteiger partial charge in [-0.1, -0.05) is 33.8 Å². The summed E-state index contributed by atoms with van der Waals surface area (Å²) in [5.41, 5.74) is 5.27. The normalized spacial score (nSPS) is 13.8. The molecule has 0 saturated carbocycles. The third kappa shape index (κ3) is 3.19. The first-order valence-corrected chi connectivity index (χ1v) is 7.73. The van der Waals surface area contributed by atoms with Crippen molar-refractivity contribution in [1.82, 2.24) is 15.3 Å². The van der Waals surface area contributed by atoms with Gasteiger partial charge in [0.2, 0.25) is 0 Å². The molecule has 4 nitrogen and oxygen atoms in total. The maximum atomic E-state index is 5.92. The van der Waals surface area contributed by atoms with E-state index in [9.17, 15) is 0 Å². The van der Waals surface area contributed by atoms with Crippen LogP contribution in [0.4, 0.5) is 0 Å².